The molecule has 0 heterocycles. The average Bonchev–Trinajstić information content (AvgIpc) is 2.61. The number of rotatable bonds is 2. The van der Waals surface area contributed by atoms with Crippen molar-refractivity contribution in [2.24, 2.45) is 11.3 Å². The van der Waals surface area contributed by atoms with Crippen molar-refractivity contribution in [2.45, 2.75) is 26.7 Å². The van der Waals surface area contributed by atoms with Gasteiger partial charge in [0.25, 0.3) is 0 Å². The first-order chi connectivity index (χ1) is 4.65. The Morgan fingerprint density at radius 1 is 1.80 bits per heavy atom. The predicted molar refractivity (Wildman–Crippen MR) is 38.5 cm³/mol. The van der Waals surface area contributed by atoms with E-state index >= 15 is 0 Å². The number of esters is 1. The van der Waals surface area contributed by atoms with Gasteiger partial charge < -0.3 is 4.74 Å². The molecule has 0 spiro atoms. The van der Waals surface area contributed by atoms with Gasteiger partial charge >= 0.3 is 5.97 Å². The van der Waals surface area contributed by atoms with E-state index in [0.717, 1.165) is 12.8 Å². The maximum atomic E-state index is 11.0. The fourth-order valence-corrected chi connectivity index (χ4v) is 1.53. The van der Waals surface area contributed by atoms with Gasteiger partial charge in [-0.15, -0.1) is 0 Å². The molecule has 0 aromatic carbocycles. The van der Waals surface area contributed by atoms with Crippen LogP contribution in [0.15, 0.2) is 0 Å². The van der Waals surface area contributed by atoms with Gasteiger partial charge in [-0.1, -0.05) is 13.3 Å². The Bertz CT molecular complexity index is 153. The number of carbonyl (C=O) groups excluding carboxylic acids is 1. The van der Waals surface area contributed by atoms with Crippen LogP contribution in [0.4, 0.5) is 0 Å². The molecule has 0 N–H and O–H groups in total. The van der Waals surface area contributed by atoms with Gasteiger partial charge in [0.15, 0.2) is 0 Å². The van der Waals surface area contributed by atoms with Crippen LogP contribution in [0.2, 0.25) is 0 Å². The molecule has 1 saturated carbocycles. The van der Waals surface area contributed by atoms with Crippen LogP contribution in [0.1, 0.15) is 26.7 Å². The number of hydrogen-bond acceptors (Lipinski definition) is 2. The Labute approximate surface area is 61.6 Å². The van der Waals surface area contributed by atoms with Crippen LogP contribution in [-0.4, -0.2) is 13.1 Å². The summed E-state index contributed by atoms with van der Waals surface area (Å²) in [6, 6.07) is 0. The molecule has 10 heavy (non-hydrogen) atoms. The van der Waals surface area contributed by atoms with Crippen LogP contribution in [0.3, 0.4) is 0 Å². The highest BCUT2D eigenvalue weighted by molar-refractivity contribution is 5.79. The Kier molecular flexibility index (Phi) is 1.71. The topological polar surface area (TPSA) is 26.3 Å². The van der Waals surface area contributed by atoms with Crippen molar-refractivity contribution in [3.63, 3.8) is 0 Å². The van der Waals surface area contributed by atoms with Crippen LogP contribution in [0.5, 0.6) is 0 Å². The molecule has 1 rings (SSSR count). The van der Waals surface area contributed by atoms with Crippen LogP contribution in [0.25, 0.3) is 0 Å². The van der Waals surface area contributed by atoms with Crippen molar-refractivity contribution in [1.82, 2.24) is 0 Å². The summed E-state index contributed by atoms with van der Waals surface area (Å²) in [5.41, 5.74) is -0.135. The van der Waals surface area contributed by atoms with Gasteiger partial charge in [-0.3, -0.25) is 4.79 Å². The van der Waals surface area contributed by atoms with Gasteiger partial charge in [0, 0.05) is 0 Å². The lowest BCUT2D eigenvalue weighted by atomic mass is 10.1. The molecule has 2 nitrogen and oxygen atoms in total. The molecule has 0 saturated heterocycles. The molecule has 0 aliphatic heterocycles. The highest BCUT2D eigenvalue weighted by Gasteiger charge is 2.55. The molecule has 1 aliphatic carbocycles. The maximum Gasteiger partial charge on any atom is 0.311 e. The van der Waals surface area contributed by atoms with Crippen molar-refractivity contribution in [3.05, 3.63) is 0 Å². The molecule has 0 unspecified atom stereocenters. The third-order valence-corrected chi connectivity index (χ3v) is 2.56. The smallest absolute Gasteiger partial charge is 0.311 e. The predicted octanol–water partition coefficient (Wildman–Crippen LogP) is 1.60. The second-order valence-corrected chi connectivity index (χ2v) is 3.22. The highest BCUT2D eigenvalue weighted by Crippen LogP contribution is 2.54. The second kappa shape index (κ2) is 2.26. The molecule has 0 bridgehead atoms. The van der Waals surface area contributed by atoms with Crippen molar-refractivity contribution in [3.8, 4) is 0 Å². The van der Waals surface area contributed by atoms with Crippen molar-refractivity contribution in [1.29, 1.82) is 0 Å². The quantitative estimate of drug-likeness (QED) is 0.547. The van der Waals surface area contributed by atoms with E-state index < -0.39 is 0 Å². The third-order valence-electron chi connectivity index (χ3n) is 2.56. The van der Waals surface area contributed by atoms with Crippen molar-refractivity contribution >= 4 is 5.97 Å². The SMILES string of the molecule is CC[C@@H]1C[C@]1(C)C(=O)OC. The van der Waals surface area contributed by atoms with E-state index in [9.17, 15) is 4.79 Å². The molecular weight excluding hydrogens is 128 g/mol. The third kappa shape index (κ3) is 0.917. The Balaban J connectivity index is 2.50. The minimum atomic E-state index is -0.135. The maximum absolute atomic E-state index is 11.0. The molecule has 0 amide bonds. The summed E-state index contributed by atoms with van der Waals surface area (Å²) in [7, 11) is 1.46. The summed E-state index contributed by atoms with van der Waals surface area (Å²) in [5, 5.41) is 0. The van der Waals surface area contributed by atoms with E-state index in [1.807, 2.05) is 6.92 Å². The Morgan fingerprint density at radius 3 is 2.70 bits per heavy atom. The summed E-state index contributed by atoms with van der Waals surface area (Å²) < 4.78 is 4.67. The minimum absolute atomic E-state index is 0.0423. The molecular formula is C8H14O2. The first-order valence-corrected chi connectivity index (χ1v) is 3.73. The number of carbonyl (C=O) groups is 1. The molecule has 0 aromatic heterocycles. The summed E-state index contributed by atoms with van der Waals surface area (Å²) in [6.45, 7) is 4.09. The molecule has 2 heteroatoms. The summed E-state index contributed by atoms with van der Waals surface area (Å²) in [6.07, 6.45) is 2.10. The molecule has 0 radical (unpaired) electrons. The van der Waals surface area contributed by atoms with Gasteiger partial charge in [-0.2, -0.15) is 0 Å². The monoisotopic (exact) mass is 142 g/mol. The summed E-state index contributed by atoms with van der Waals surface area (Å²) in [4.78, 5) is 11.0. The number of ether oxygens (including phenoxy) is 1. The van der Waals surface area contributed by atoms with E-state index in [1.54, 1.807) is 0 Å². The fraction of sp³-hybridized carbons (Fsp3) is 0.875. The van der Waals surface area contributed by atoms with Crippen molar-refractivity contribution in [2.75, 3.05) is 7.11 Å². The largest absolute Gasteiger partial charge is 0.469 e. The van der Waals surface area contributed by atoms with Crippen LogP contribution in [0, 0.1) is 11.3 Å². The van der Waals surface area contributed by atoms with E-state index in [2.05, 4.69) is 11.7 Å². The fourth-order valence-electron chi connectivity index (χ4n) is 1.53. The van der Waals surface area contributed by atoms with Crippen molar-refractivity contribution < 1.29 is 9.53 Å². The van der Waals surface area contributed by atoms with Gasteiger partial charge in [-0.25, -0.2) is 0 Å². The van der Waals surface area contributed by atoms with E-state index in [1.165, 1.54) is 7.11 Å². The van der Waals surface area contributed by atoms with Gasteiger partial charge in [0.2, 0.25) is 0 Å². The molecule has 1 fully saturated rings. The van der Waals surface area contributed by atoms with Crippen LogP contribution < -0.4 is 0 Å². The molecule has 58 valence electrons. The Hall–Kier alpha value is -0.530. The highest BCUT2D eigenvalue weighted by atomic mass is 16.5. The first-order valence-electron chi connectivity index (χ1n) is 3.73. The zero-order valence-electron chi connectivity index (χ0n) is 6.81. The second-order valence-electron chi connectivity index (χ2n) is 3.22. The average molecular weight is 142 g/mol. The lowest BCUT2D eigenvalue weighted by Crippen LogP contribution is -2.15. The molecule has 0 aromatic rings. The molecule has 1 aliphatic rings. The van der Waals surface area contributed by atoms with Crippen LogP contribution >= 0.6 is 0 Å². The number of methoxy groups -OCH3 is 1. The normalized spacial score (nSPS) is 37.3. The minimum Gasteiger partial charge on any atom is -0.469 e. The van der Waals surface area contributed by atoms with Gasteiger partial charge in [0.05, 0.1) is 12.5 Å². The standard InChI is InChI=1S/C8H14O2/c1-4-6-5-8(6,2)7(9)10-3/h6H,4-5H2,1-3H3/t6-,8+/m1/s1. The lowest BCUT2D eigenvalue weighted by molar-refractivity contribution is -0.147. The van der Waals surface area contributed by atoms with E-state index in [4.69, 9.17) is 0 Å². The summed E-state index contributed by atoms with van der Waals surface area (Å²) >= 11 is 0. The lowest BCUT2D eigenvalue weighted by Gasteiger charge is -2.05. The zero-order valence-corrected chi connectivity index (χ0v) is 6.81. The zero-order chi connectivity index (χ0) is 7.78. The molecule has 2 atom stereocenters. The van der Waals surface area contributed by atoms with E-state index in [-0.39, 0.29) is 11.4 Å². The number of hydrogen-bond donors (Lipinski definition) is 0. The summed E-state index contributed by atoms with van der Waals surface area (Å²) in [5.74, 6) is 0.527. The van der Waals surface area contributed by atoms with Gasteiger partial charge in [0.1, 0.15) is 0 Å². The van der Waals surface area contributed by atoms with Gasteiger partial charge in [-0.05, 0) is 19.3 Å². The van der Waals surface area contributed by atoms with Crippen LogP contribution in [-0.2, 0) is 9.53 Å². The Morgan fingerprint density at radius 2 is 2.40 bits per heavy atom. The first kappa shape index (κ1) is 7.58. The van der Waals surface area contributed by atoms with E-state index in [0.29, 0.717) is 5.92 Å².